The molecule has 0 amide bonds. The summed E-state index contributed by atoms with van der Waals surface area (Å²) in [6.07, 6.45) is 0. The minimum atomic E-state index is -0.525. The summed E-state index contributed by atoms with van der Waals surface area (Å²) < 4.78 is 21.0. The Kier molecular flexibility index (Phi) is 5.22. The van der Waals surface area contributed by atoms with Crippen molar-refractivity contribution >= 4 is 16.9 Å². The van der Waals surface area contributed by atoms with E-state index in [4.69, 9.17) is 18.6 Å². The largest absolute Gasteiger partial charge is 0.497 e. The van der Waals surface area contributed by atoms with Gasteiger partial charge in [-0.15, -0.1) is 0 Å². The van der Waals surface area contributed by atoms with Crippen molar-refractivity contribution in [3.05, 3.63) is 70.1 Å². The van der Waals surface area contributed by atoms with E-state index in [0.717, 1.165) is 5.56 Å². The van der Waals surface area contributed by atoms with Crippen molar-refractivity contribution in [1.82, 2.24) is 0 Å². The molecule has 0 saturated heterocycles. The van der Waals surface area contributed by atoms with Crippen molar-refractivity contribution in [2.75, 3.05) is 13.7 Å². The molecule has 0 bridgehead atoms. The van der Waals surface area contributed by atoms with E-state index >= 15 is 0 Å². The van der Waals surface area contributed by atoms with Crippen molar-refractivity contribution in [3.63, 3.8) is 0 Å². The Morgan fingerprint density at radius 3 is 2.69 bits per heavy atom. The van der Waals surface area contributed by atoms with Gasteiger partial charge < -0.3 is 18.6 Å². The van der Waals surface area contributed by atoms with Crippen LogP contribution in [0.4, 0.5) is 0 Å². The number of rotatable bonds is 6. The van der Waals surface area contributed by atoms with E-state index in [0.29, 0.717) is 28.0 Å². The van der Waals surface area contributed by atoms with E-state index in [1.807, 2.05) is 25.1 Å². The zero-order valence-electron chi connectivity index (χ0n) is 14.5. The van der Waals surface area contributed by atoms with Crippen LogP contribution < -0.4 is 15.1 Å². The van der Waals surface area contributed by atoms with Gasteiger partial charge in [0, 0.05) is 23.1 Å². The van der Waals surface area contributed by atoms with Gasteiger partial charge in [0.1, 0.15) is 23.7 Å². The van der Waals surface area contributed by atoms with Crippen molar-refractivity contribution in [1.29, 1.82) is 0 Å². The van der Waals surface area contributed by atoms with Gasteiger partial charge in [0.15, 0.2) is 6.61 Å². The second kappa shape index (κ2) is 7.74. The van der Waals surface area contributed by atoms with Gasteiger partial charge in [-0.05, 0) is 30.7 Å². The quantitative estimate of drug-likeness (QED) is 0.500. The number of carbonyl (C=O) groups is 1. The fourth-order valence-corrected chi connectivity index (χ4v) is 2.51. The van der Waals surface area contributed by atoms with Crippen molar-refractivity contribution in [3.8, 4) is 11.5 Å². The molecule has 0 aliphatic heterocycles. The Balaban J connectivity index is 1.68. The van der Waals surface area contributed by atoms with Gasteiger partial charge in [-0.25, -0.2) is 9.59 Å². The van der Waals surface area contributed by atoms with Crippen LogP contribution in [0.15, 0.2) is 57.7 Å². The molecule has 3 aromatic rings. The lowest BCUT2D eigenvalue weighted by Gasteiger charge is -2.10. The van der Waals surface area contributed by atoms with Crippen LogP contribution in [0.25, 0.3) is 11.0 Å². The number of hydrogen-bond acceptors (Lipinski definition) is 6. The summed E-state index contributed by atoms with van der Waals surface area (Å²) >= 11 is 0. The molecule has 0 aliphatic rings. The first-order valence-electron chi connectivity index (χ1n) is 8.01. The van der Waals surface area contributed by atoms with Gasteiger partial charge in [0.25, 0.3) is 0 Å². The van der Waals surface area contributed by atoms with Gasteiger partial charge in [0.05, 0.1) is 7.11 Å². The van der Waals surface area contributed by atoms with E-state index in [2.05, 4.69) is 0 Å². The lowest BCUT2D eigenvalue weighted by molar-refractivity contribution is -0.147. The Labute approximate surface area is 149 Å². The molecule has 0 spiro atoms. The predicted octanol–water partition coefficient (Wildman–Crippen LogP) is 3.23. The van der Waals surface area contributed by atoms with Crippen LogP contribution in [0.2, 0.25) is 0 Å². The molecule has 0 radical (unpaired) electrons. The molecule has 26 heavy (non-hydrogen) atoms. The predicted molar refractivity (Wildman–Crippen MR) is 95.5 cm³/mol. The molecule has 134 valence electrons. The van der Waals surface area contributed by atoms with E-state index in [1.54, 1.807) is 24.3 Å². The maximum atomic E-state index is 12.0. The number of fused-ring (bicyclic) bond motifs is 1. The standard InChI is InChI=1S/C20H18O6/c1-13-5-3-4-6-17(13)24-12-20(22)25-11-14-9-19(21)26-18-10-15(23-2)7-8-16(14)18/h3-10H,11-12H2,1-2H3. The van der Waals surface area contributed by atoms with Crippen LogP contribution in [-0.2, 0) is 16.1 Å². The topological polar surface area (TPSA) is 75.0 Å². The number of para-hydroxylation sites is 1. The maximum absolute atomic E-state index is 12.0. The number of hydrogen-bond donors (Lipinski definition) is 0. The number of benzene rings is 2. The minimum absolute atomic E-state index is 0.0512. The summed E-state index contributed by atoms with van der Waals surface area (Å²) in [6, 6.07) is 13.8. The average Bonchev–Trinajstić information content (AvgIpc) is 2.64. The molecule has 0 N–H and O–H groups in total. The van der Waals surface area contributed by atoms with Crippen LogP contribution in [0.5, 0.6) is 11.5 Å². The molecule has 0 saturated carbocycles. The average molecular weight is 354 g/mol. The molecule has 3 rings (SSSR count). The summed E-state index contributed by atoms with van der Waals surface area (Å²) in [7, 11) is 1.53. The number of esters is 1. The minimum Gasteiger partial charge on any atom is -0.497 e. The molecule has 1 aromatic heterocycles. The highest BCUT2D eigenvalue weighted by Crippen LogP contribution is 2.23. The Morgan fingerprint density at radius 1 is 1.12 bits per heavy atom. The first-order valence-corrected chi connectivity index (χ1v) is 8.01. The van der Waals surface area contributed by atoms with Crippen molar-refractivity contribution in [2.45, 2.75) is 13.5 Å². The highest BCUT2D eigenvalue weighted by Gasteiger charge is 2.11. The lowest BCUT2D eigenvalue weighted by Crippen LogP contribution is -2.15. The summed E-state index contributed by atoms with van der Waals surface area (Å²) in [5.74, 6) is 0.673. The van der Waals surface area contributed by atoms with Crippen LogP contribution >= 0.6 is 0 Å². The monoisotopic (exact) mass is 354 g/mol. The summed E-state index contributed by atoms with van der Waals surface area (Å²) in [6.45, 7) is 1.63. The SMILES string of the molecule is COc1ccc2c(COC(=O)COc3ccccc3C)cc(=O)oc2c1. The van der Waals surface area contributed by atoms with Gasteiger partial charge in [-0.2, -0.15) is 0 Å². The van der Waals surface area contributed by atoms with E-state index in [9.17, 15) is 9.59 Å². The van der Waals surface area contributed by atoms with Crippen molar-refractivity contribution < 1.29 is 23.4 Å². The molecule has 0 fully saturated rings. The molecular formula is C20H18O6. The number of methoxy groups -OCH3 is 1. The zero-order chi connectivity index (χ0) is 18.5. The first kappa shape index (κ1) is 17.5. The van der Waals surface area contributed by atoms with Gasteiger partial charge in [0.2, 0.25) is 0 Å². The Bertz CT molecular complexity index is 989. The fraction of sp³-hybridized carbons (Fsp3) is 0.200. The molecule has 2 aromatic carbocycles. The number of carbonyl (C=O) groups excluding carboxylic acids is 1. The van der Waals surface area contributed by atoms with Gasteiger partial charge in [-0.3, -0.25) is 0 Å². The Hall–Kier alpha value is -3.28. The molecule has 0 unspecified atom stereocenters. The molecule has 1 heterocycles. The zero-order valence-corrected chi connectivity index (χ0v) is 14.5. The van der Waals surface area contributed by atoms with Gasteiger partial charge in [-0.1, -0.05) is 18.2 Å². The van der Waals surface area contributed by atoms with E-state index < -0.39 is 11.6 Å². The maximum Gasteiger partial charge on any atom is 0.344 e. The van der Waals surface area contributed by atoms with E-state index in [-0.39, 0.29) is 13.2 Å². The number of ether oxygens (including phenoxy) is 3. The normalized spacial score (nSPS) is 10.5. The Morgan fingerprint density at radius 2 is 1.92 bits per heavy atom. The second-order valence-corrected chi connectivity index (χ2v) is 5.67. The van der Waals surface area contributed by atoms with Crippen LogP contribution in [-0.4, -0.2) is 19.7 Å². The second-order valence-electron chi connectivity index (χ2n) is 5.67. The third kappa shape index (κ3) is 4.03. The van der Waals surface area contributed by atoms with Crippen LogP contribution in [0.3, 0.4) is 0 Å². The molecular weight excluding hydrogens is 336 g/mol. The fourth-order valence-electron chi connectivity index (χ4n) is 2.51. The molecule has 6 heteroatoms. The highest BCUT2D eigenvalue weighted by atomic mass is 16.6. The van der Waals surface area contributed by atoms with Crippen molar-refractivity contribution in [2.24, 2.45) is 0 Å². The van der Waals surface area contributed by atoms with Crippen LogP contribution in [0.1, 0.15) is 11.1 Å². The molecule has 0 atom stereocenters. The lowest BCUT2D eigenvalue weighted by atomic mass is 10.1. The smallest absolute Gasteiger partial charge is 0.344 e. The number of aryl methyl sites for hydroxylation is 1. The summed E-state index contributed by atoms with van der Waals surface area (Å²) in [5.41, 5.74) is 1.34. The molecule has 0 aliphatic carbocycles. The third-order valence-corrected chi connectivity index (χ3v) is 3.87. The van der Waals surface area contributed by atoms with Gasteiger partial charge >= 0.3 is 11.6 Å². The highest BCUT2D eigenvalue weighted by molar-refractivity contribution is 5.81. The summed E-state index contributed by atoms with van der Waals surface area (Å²) in [5, 5.41) is 0.679. The first-order chi connectivity index (χ1) is 12.6. The third-order valence-electron chi connectivity index (χ3n) is 3.87. The van der Waals surface area contributed by atoms with E-state index in [1.165, 1.54) is 13.2 Å². The van der Waals surface area contributed by atoms with Crippen LogP contribution in [0, 0.1) is 6.92 Å². The summed E-state index contributed by atoms with van der Waals surface area (Å²) in [4.78, 5) is 23.7. The molecule has 6 nitrogen and oxygen atoms in total.